The number of halogens is 1. The van der Waals surface area contributed by atoms with E-state index in [9.17, 15) is 0 Å². The van der Waals surface area contributed by atoms with Gasteiger partial charge in [-0.25, -0.2) is 4.98 Å². The van der Waals surface area contributed by atoms with E-state index in [1.54, 1.807) is 0 Å². The normalized spacial score (nSPS) is 10.2. The third-order valence-corrected chi connectivity index (χ3v) is 2.28. The van der Waals surface area contributed by atoms with E-state index in [1.165, 1.54) is 0 Å². The zero-order valence-corrected chi connectivity index (χ0v) is 8.21. The van der Waals surface area contributed by atoms with Gasteiger partial charge >= 0.3 is 0 Å². The summed E-state index contributed by atoms with van der Waals surface area (Å²) in [6.07, 6.45) is 0.209. The van der Waals surface area contributed by atoms with Crippen molar-refractivity contribution in [3.63, 3.8) is 0 Å². The van der Waals surface area contributed by atoms with Crippen LogP contribution in [0.4, 0.5) is 0 Å². The molecule has 0 amide bonds. The molecule has 3 nitrogen and oxygen atoms in total. The Balaban J connectivity index is 2.63. The van der Waals surface area contributed by atoms with Crippen LogP contribution in [0.15, 0.2) is 27.1 Å². The number of rotatable bonds is 1. The van der Waals surface area contributed by atoms with Gasteiger partial charge in [0.05, 0.1) is 6.07 Å². The summed E-state index contributed by atoms with van der Waals surface area (Å²) in [6, 6.07) is 7.58. The smallest absolute Gasteiger partial charge is 0.209 e. The minimum Gasteiger partial charge on any atom is -0.440 e. The lowest BCUT2D eigenvalue weighted by molar-refractivity contribution is 0.548. The predicted molar refractivity (Wildman–Crippen MR) is 51.0 cm³/mol. The van der Waals surface area contributed by atoms with E-state index in [0.29, 0.717) is 11.5 Å². The number of hydrogen-bond donors (Lipinski definition) is 0. The standard InChI is InChI=1S/C9H5BrN2O/c10-6-2-1-3-7-9(6)12-8(13-7)4-5-11/h1-3H,4H2. The molecule has 2 aromatic rings. The molecule has 13 heavy (non-hydrogen) atoms. The number of benzene rings is 1. The first-order valence-electron chi connectivity index (χ1n) is 3.72. The SMILES string of the molecule is N#CCc1nc2c(Br)cccc2o1. The Morgan fingerprint density at radius 2 is 2.38 bits per heavy atom. The zero-order valence-electron chi connectivity index (χ0n) is 6.62. The van der Waals surface area contributed by atoms with Crippen LogP contribution < -0.4 is 0 Å². The highest BCUT2D eigenvalue weighted by atomic mass is 79.9. The molecule has 0 aliphatic carbocycles. The van der Waals surface area contributed by atoms with Crippen molar-refractivity contribution in [3.05, 3.63) is 28.6 Å². The minimum atomic E-state index is 0.209. The van der Waals surface area contributed by atoms with Gasteiger partial charge in [-0.15, -0.1) is 0 Å². The number of fused-ring (bicyclic) bond motifs is 1. The fourth-order valence-electron chi connectivity index (χ4n) is 1.10. The van der Waals surface area contributed by atoms with Gasteiger partial charge in [-0.05, 0) is 28.1 Å². The van der Waals surface area contributed by atoms with E-state index in [0.717, 1.165) is 9.99 Å². The first-order valence-corrected chi connectivity index (χ1v) is 4.51. The first kappa shape index (κ1) is 8.27. The van der Waals surface area contributed by atoms with Gasteiger partial charge in [0.15, 0.2) is 5.58 Å². The Morgan fingerprint density at radius 1 is 1.54 bits per heavy atom. The molecule has 0 aliphatic heterocycles. The molecule has 0 fully saturated rings. The van der Waals surface area contributed by atoms with Gasteiger partial charge in [-0.2, -0.15) is 5.26 Å². The Hall–Kier alpha value is -1.34. The first-order chi connectivity index (χ1) is 6.31. The number of nitriles is 1. The molecule has 0 atom stereocenters. The van der Waals surface area contributed by atoms with Crippen LogP contribution in [-0.2, 0) is 6.42 Å². The Kier molecular flexibility index (Phi) is 2.03. The van der Waals surface area contributed by atoms with Crippen LogP contribution in [0, 0.1) is 11.3 Å². The molecule has 0 aliphatic rings. The van der Waals surface area contributed by atoms with Crippen molar-refractivity contribution in [3.8, 4) is 6.07 Å². The number of aromatic nitrogens is 1. The zero-order chi connectivity index (χ0) is 9.26. The van der Waals surface area contributed by atoms with Gasteiger partial charge in [-0.3, -0.25) is 0 Å². The molecule has 0 saturated heterocycles. The van der Waals surface area contributed by atoms with Crippen molar-refractivity contribution >= 4 is 27.0 Å². The van der Waals surface area contributed by atoms with Crippen LogP contribution in [0.2, 0.25) is 0 Å². The average Bonchev–Trinajstić information content (AvgIpc) is 2.49. The Bertz CT molecular complexity index is 484. The molecule has 1 heterocycles. The highest BCUT2D eigenvalue weighted by molar-refractivity contribution is 9.10. The second kappa shape index (κ2) is 3.19. The monoisotopic (exact) mass is 236 g/mol. The number of nitrogens with zero attached hydrogens (tertiary/aromatic N) is 2. The van der Waals surface area contributed by atoms with Crippen molar-refractivity contribution in [2.24, 2.45) is 0 Å². The van der Waals surface area contributed by atoms with Crippen molar-refractivity contribution in [2.75, 3.05) is 0 Å². The molecule has 0 bridgehead atoms. The van der Waals surface area contributed by atoms with E-state index in [1.807, 2.05) is 24.3 Å². The quantitative estimate of drug-likeness (QED) is 0.765. The van der Waals surface area contributed by atoms with E-state index >= 15 is 0 Å². The third-order valence-electron chi connectivity index (χ3n) is 1.64. The summed E-state index contributed by atoms with van der Waals surface area (Å²) in [5.41, 5.74) is 1.48. The molecule has 4 heteroatoms. The van der Waals surface area contributed by atoms with Gasteiger partial charge in [0.25, 0.3) is 0 Å². The van der Waals surface area contributed by atoms with E-state index in [-0.39, 0.29) is 6.42 Å². The van der Waals surface area contributed by atoms with Gasteiger partial charge < -0.3 is 4.42 Å². The van der Waals surface area contributed by atoms with Crippen LogP contribution in [0.3, 0.4) is 0 Å². The van der Waals surface area contributed by atoms with E-state index in [2.05, 4.69) is 20.9 Å². The summed E-state index contributed by atoms with van der Waals surface area (Å²) in [5, 5.41) is 8.45. The van der Waals surface area contributed by atoms with Crippen LogP contribution in [-0.4, -0.2) is 4.98 Å². The summed E-state index contributed by atoms with van der Waals surface area (Å²) >= 11 is 3.36. The second-order valence-electron chi connectivity index (χ2n) is 2.53. The minimum absolute atomic E-state index is 0.209. The number of oxazole rings is 1. The van der Waals surface area contributed by atoms with Gasteiger partial charge in [-0.1, -0.05) is 6.07 Å². The molecule has 0 unspecified atom stereocenters. The van der Waals surface area contributed by atoms with Gasteiger partial charge in [0, 0.05) is 4.47 Å². The molecule has 1 aromatic carbocycles. The molecule has 0 radical (unpaired) electrons. The maximum atomic E-state index is 8.45. The highest BCUT2D eigenvalue weighted by Gasteiger charge is 2.06. The summed E-state index contributed by atoms with van der Waals surface area (Å²) in [4.78, 5) is 4.17. The summed E-state index contributed by atoms with van der Waals surface area (Å²) in [5.74, 6) is 0.462. The van der Waals surface area contributed by atoms with Crippen molar-refractivity contribution in [2.45, 2.75) is 6.42 Å². The van der Waals surface area contributed by atoms with Crippen LogP contribution in [0.1, 0.15) is 5.89 Å². The largest absolute Gasteiger partial charge is 0.440 e. The average molecular weight is 237 g/mol. The topological polar surface area (TPSA) is 49.8 Å². The molecule has 2 rings (SSSR count). The van der Waals surface area contributed by atoms with Crippen molar-refractivity contribution < 1.29 is 4.42 Å². The fraction of sp³-hybridized carbons (Fsp3) is 0.111. The lowest BCUT2D eigenvalue weighted by Crippen LogP contribution is -1.78. The fourth-order valence-corrected chi connectivity index (χ4v) is 1.54. The van der Waals surface area contributed by atoms with E-state index < -0.39 is 0 Å². The van der Waals surface area contributed by atoms with Gasteiger partial charge in [0.2, 0.25) is 5.89 Å². The third kappa shape index (κ3) is 1.43. The predicted octanol–water partition coefficient (Wildman–Crippen LogP) is 2.66. The van der Waals surface area contributed by atoms with Crippen LogP contribution in [0.5, 0.6) is 0 Å². The lowest BCUT2D eigenvalue weighted by atomic mass is 10.3. The maximum Gasteiger partial charge on any atom is 0.209 e. The molecule has 0 N–H and O–H groups in total. The second-order valence-corrected chi connectivity index (χ2v) is 3.38. The summed E-state index contributed by atoms with van der Waals surface area (Å²) in [7, 11) is 0. The number of hydrogen-bond acceptors (Lipinski definition) is 3. The summed E-state index contributed by atoms with van der Waals surface area (Å²) in [6.45, 7) is 0. The van der Waals surface area contributed by atoms with Crippen LogP contribution in [0.25, 0.3) is 11.1 Å². The Morgan fingerprint density at radius 3 is 3.08 bits per heavy atom. The molecular weight excluding hydrogens is 232 g/mol. The Labute approximate surface area is 83.1 Å². The maximum absolute atomic E-state index is 8.45. The van der Waals surface area contributed by atoms with Gasteiger partial charge in [0.1, 0.15) is 11.9 Å². The summed E-state index contributed by atoms with van der Waals surface area (Å²) < 4.78 is 6.21. The molecule has 0 spiro atoms. The lowest BCUT2D eigenvalue weighted by Gasteiger charge is -1.86. The molecule has 64 valence electrons. The van der Waals surface area contributed by atoms with E-state index in [4.69, 9.17) is 9.68 Å². The number of para-hydroxylation sites is 1. The van der Waals surface area contributed by atoms with Crippen molar-refractivity contribution in [1.29, 1.82) is 5.26 Å². The molecular formula is C9H5BrN2O. The molecule has 1 aromatic heterocycles. The highest BCUT2D eigenvalue weighted by Crippen LogP contribution is 2.23. The van der Waals surface area contributed by atoms with Crippen LogP contribution >= 0.6 is 15.9 Å². The van der Waals surface area contributed by atoms with Crippen molar-refractivity contribution in [1.82, 2.24) is 4.98 Å². The molecule has 0 saturated carbocycles.